The van der Waals surface area contributed by atoms with Crippen molar-refractivity contribution in [3.05, 3.63) is 0 Å². The molecular formula is C12H26N2O3. The number of ether oxygens (including phenoxy) is 1. The van der Waals surface area contributed by atoms with Crippen LogP contribution in [0.4, 0.5) is 0 Å². The van der Waals surface area contributed by atoms with Crippen molar-refractivity contribution in [1.29, 1.82) is 0 Å². The SMILES string of the molecule is CCCC.CCNCC(=O)OC(=O)CNCC. The van der Waals surface area contributed by atoms with Crippen molar-refractivity contribution in [2.45, 2.75) is 40.5 Å². The normalized spacial score (nSPS) is 9.18. The molecule has 0 aliphatic carbocycles. The highest BCUT2D eigenvalue weighted by Gasteiger charge is 2.08. The van der Waals surface area contributed by atoms with Gasteiger partial charge in [0.1, 0.15) is 0 Å². The Kier molecular flexibility index (Phi) is 16.3. The summed E-state index contributed by atoms with van der Waals surface area (Å²) in [5.41, 5.74) is 0. The Bertz CT molecular complexity index is 176. The fraction of sp³-hybridized carbons (Fsp3) is 0.833. The number of carbonyl (C=O) groups excluding carboxylic acids is 2. The average molecular weight is 246 g/mol. The Hall–Kier alpha value is -0.940. The first kappa shape index (κ1) is 18.4. The molecule has 0 bridgehead atoms. The maximum atomic E-state index is 10.8. The number of rotatable bonds is 7. The molecule has 0 unspecified atom stereocenters. The Morgan fingerprint density at radius 3 is 1.41 bits per heavy atom. The van der Waals surface area contributed by atoms with E-state index in [-0.39, 0.29) is 13.1 Å². The number of esters is 2. The minimum atomic E-state index is -0.537. The molecule has 0 aromatic carbocycles. The van der Waals surface area contributed by atoms with Crippen LogP contribution in [0.3, 0.4) is 0 Å². The van der Waals surface area contributed by atoms with Crippen LogP contribution in [0.5, 0.6) is 0 Å². The average Bonchev–Trinajstić information content (AvgIpc) is 2.34. The van der Waals surface area contributed by atoms with Gasteiger partial charge in [0.2, 0.25) is 0 Å². The Balaban J connectivity index is 0. The van der Waals surface area contributed by atoms with Gasteiger partial charge in [0.15, 0.2) is 0 Å². The zero-order valence-electron chi connectivity index (χ0n) is 11.5. The Morgan fingerprint density at radius 2 is 1.18 bits per heavy atom. The number of hydrogen-bond acceptors (Lipinski definition) is 5. The highest BCUT2D eigenvalue weighted by Crippen LogP contribution is 1.78. The molecule has 2 N–H and O–H groups in total. The van der Waals surface area contributed by atoms with Gasteiger partial charge in [0, 0.05) is 0 Å². The van der Waals surface area contributed by atoms with Gasteiger partial charge in [-0.2, -0.15) is 0 Å². The van der Waals surface area contributed by atoms with Crippen LogP contribution in [-0.4, -0.2) is 38.1 Å². The van der Waals surface area contributed by atoms with Crippen molar-refractivity contribution in [3.63, 3.8) is 0 Å². The Labute approximate surface area is 104 Å². The van der Waals surface area contributed by atoms with E-state index in [2.05, 4.69) is 29.2 Å². The van der Waals surface area contributed by atoms with Gasteiger partial charge >= 0.3 is 11.9 Å². The molecule has 0 amide bonds. The van der Waals surface area contributed by atoms with E-state index in [1.54, 1.807) is 0 Å². The zero-order chi connectivity index (χ0) is 13.5. The van der Waals surface area contributed by atoms with Gasteiger partial charge in [-0.25, -0.2) is 0 Å². The summed E-state index contributed by atoms with van der Waals surface area (Å²) in [4.78, 5) is 21.7. The topological polar surface area (TPSA) is 67.4 Å². The molecule has 0 atom stereocenters. The van der Waals surface area contributed by atoms with E-state index in [4.69, 9.17) is 0 Å². The standard InChI is InChI=1S/C8H16N2O3.C4H10/c1-3-9-5-7(11)13-8(12)6-10-4-2;1-3-4-2/h9-10H,3-6H2,1-2H3;3-4H2,1-2H3. The van der Waals surface area contributed by atoms with Gasteiger partial charge in [-0.3, -0.25) is 9.59 Å². The summed E-state index contributed by atoms with van der Waals surface area (Å²) in [5.74, 6) is -1.07. The summed E-state index contributed by atoms with van der Waals surface area (Å²) >= 11 is 0. The van der Waals surface area contributed by atoms with E-state index < -0.39 is 11.9 Å². The van der Waals surface area contributed by atoms with Gasteiger partial charge in [-0.1, -0.05) is 40.5 Å². The largest absolute Gasteiger partial charge is 0.391 e. The summed E-state index contributed by atoms with van der Waals surface area (Å²) in [6.45, 7) is 9.61. The second-order valence-corrected chi connectivity index (χ2v) is 3.41. The third-order valence-electron chi connectivity index (χ3n) is 1.77. The minimum Gasteiger partial charge on any atom is -0.391 e. The summed E-state index contributed by atoms with van der Waals surface area (Å²) in [6.07, 6.45) is 2.64. The second-order valence-electron chi connectivity index (χ2n) is 3.41. The first-order valence-corrected chi connectivity index (χ1v) is 6.27. The van der Waals surface area contributed by atoms with E-state index in [1.165, 1.54) is 12.8 Å². The molecular weight excluding hydrogens is 220 g/mol. The molecule has 0 aromatic heterocycles. The monoisotopic (exact) mass is 246 g/mol. The molecule has 0 fully saturated rings. The smallest absolute Gasteiger partial charge is 0.327 e. The molecule has 0 heterocycles. The number of hydrogen-bond donors (Lipinski definition) is 2. The van der Waals surface area contributed by atoms with E-state index in [1.807, 2.05) is 13.8 Å². The van der Waals surface area contributed by atoms with E-state index in [0.29, 0.717) is 13.1 Å². The molecule has 0 saturated carbocycles. The van der Waals surface area contributed by atoms with Crippen molar-refractivity contribution in [1.82, 2.24) is 10.6 Å². The molecule has 5 nitrogen and oxygen atoms in total. The highest BCUT2D eigenvalue weighted by atomic mass is 16.6. The predicted octanol–water partition coefficient (Wildman–Crippen LogP) is 1.08. The van der Waals surface area contributed by atoms with Gasteiger partial charge in [-0.15, -0.1) is 0 Å². The van der Waals surface area contributed by atoms with Crippen LogP contribution in [0.25, 0.3) is 0 Å². The van der Waals surface area contributed by atoms with Crippen molar-refractivity contribution < 1.29 is 14.3 Å². The van der Waals surface area contributed by atoms with E-state index in [9.17, 15) is 9.59 Å². The summed E-state index contributed by atoms with van der Waals surface area (Å²) in [5, 5.41) is 5.52. The number of likely N-dealkylation sites (N-methyl/N-ethyl adjacent to an activating group) is 2. The van der Waals surface area contributed by atoms with Crippen LogP contribution in [-0.2, 0) is 14.3 Å². The summed E-state index contributed by atoms with van der Waals surface area (Å²) < 4.78 is 4.45. The third kappa shape index (κ3) is 17.7. The first-order valence-electron chi connectivity index (χ1n) is 6.27. The van der Waals surface area contributed by atoms with Crippen molar-refractivity contribution in [2.75, 3.05) is 26.2 Å². The van der Waals surface area contributed by atoms with E-state index in [0.717, 1.165) is 0 Å². The molecule has 0 saturated heterocycles. The lowest BCUT2D eigenvalue weighted by molar-refractivity contribution is -0.158. The van der Waals surface area contributed by atoms with Crippen LogP contribution in [0, 0.1) is 0 Å². The van der Waals surface area contributed by atoms with Crippen LogP contribution < -0.4 is 10.6 Å². The summed E-state index contributed by atoms with van der Waals surface area (Å²) in [6, 6.07) is 0. The Morgan fingerprint density at radius 1 is 0.824 bits per heavy atom. The van der Waals surface area contributed by atoms with Gasteiger partial charge in [-0.05, 0) is 13.1 Å². The van der Waals surface area contributed by atoms with Crippen LogP contribution in [0.15, 0.2) is 0 Å². The maximum absolute atomic E-state index is 10.8. The molecule has 17 heavy (non-hydrogen) atoms. The lowest BCUT2D eigenvalue weighted by atomic mass is 10.4. The summed E-state index contributed by atoms with van der Waals surface area (Å²) in [7, 11) is 0. The maximum Gasteiger partial charge on any atom is 0.327 e. The quantitative estimate of drug-likeness (QED) is 0.520. The lowest BCUT2D eigenvalue weighted by Gasteiger charge is -2.03. The molecule has 0 spiro atoms. The van der Waals surface area contributed by atoms with Crippen LogP contribution >= 0.6 is 0 Å². The van der Waals surface area contributed by atoms with E-state index >= 15 is 0 Å². The molecule has 0 aliphatic heterocycles. The number of unbranched alkanes of at least 4 members (excludes halogenated alkanes) is 1. The lowest BCUT2D eigenvalue weighted by Crippen LogP contribution is -2.31. The zero-order valence-corrected chi connectivity index (χ0v) is 11.5. The van der Waals surface area contributed by atoms with Crippen LogP contribution in [0.1, 0.15) is 40.5 Å². The minimum absolute atomic E-state index is 0.0777. The van der Waals surface area contributed by atoms with Crippen molar-refractivity contribution in [2.24, 2.45) is 0 Å². The molecule has 102 valence electrons. The number of nitrogens with one attached hydrogen (secondary N) is 2. The van der Waals surface area contributed by atoms with Crippen LogP contribution in [0.2, 0.25) is 0 Å². The molecule has 0 radical (unpaired) electrons. The molecule has 0 aromatic rings. The second kappa shape index (κ2) is 15.1. The molecule has 0 aliphatic rings. The molecule has 5 heteroatoms. The number of carbonyl (C=O) groups is 2. The first-order chi connectivity index (χ1) is 8.12. The van der Waals surface area contributed by atoms with Gasteiger partial charge in [0.05, 0.1) is 13.1 Å². The van der Waals surface area contributed by atoms with Gasteiger partial charge in [0.25, 0.3) is 0 Å². The van der Waals surface area contributed by atoms with Gasteiger partial charge < -0.3 is 15.4 Å². The highest BCUT2D eigenvalue weighted by molar-refractivity contribution is 5.87. The van der Waals surface area contributed by atoms with Crippen molar-refractivity contribution in [3.8, 4) is 0 Å². The fourth-order valence-corrected chi connectivity index (χ4v) is 0.653. The fourth-order valence-electron chi connectivity index (χ4n) is 0.653. The van der Waals surface area contributed by atoms with Crippen molar-refractivity contribution >= 4 is 11.9 Å². The third-order valence-corrected chi connectivity index (χ3v) is 1.77. The predicted molar refractivity (Wildman–Crippen MR) is 68.8 cm³/mol. The molecule has 0 rings (SSSR count).